The van der Waals surface area contributed by atoms with Crippen LogP contribution in [0.2, 0.25) is 0 Å². The van der Waals surface area contributed by atoms with Crippen molar-refractivity contribution in [2.45, 2.75) is 0 Å². The smallest absolute Gasteiger partial charge is 0.423 e. The SMILES string of the molecule is C=O.OB(O)c1ccccc1. The van der Waals surface area contributed by atoms with E-state index in [4.69, 9.17) is 14.8 Å². The highest BCUT2D eigenvalue weighted by Gasteiger charge is 2.07. The summed E-state index contributed by atoms with van der Waals surface area (Å²) in [6.45, 7) is 2.00. The molecule has 0 spiro atoms. The van der Waals surface area contributed by atoms with Crippen LogP contribution in [0.25, 0.3) is 0 Å². The van der Waals surface area contributed by atoms with Crippen LogP contribution in [0.3, 0.4) is 0 Å². The molecule has 1 rings (SSSR count). The largest absolute Gasteiger partial charge is 0.488 e. The van der Waals surface area contributed by atoms with Gasteiger partial charge in [-0.2, -0.15) is 0 Å². The summed E-state index contributed by atoms with van der Waals surface area (Å²) in [5, 5.41) is 17.2. The topological polar surface area (TPSA) is 57.5 Å². The highest BCUT2D eigenvalue weighted by atomic mass is 16.4. The summed E-state index contributed by atoms with van der Waals surface area (Å²) in [5.74, 6) is 0. The van der Waals surface area contributed by atoms with Crippen molar-refractivity contribution < 1.29 is 14.8 Å². The van der Waals surface area contributed by atoms with Crippen molar-refractivity contribution in [3.63, 3.8) is 0 Å². The highest BCUT2D eigenvalue weighted by molar-refractivity contribution is 6.58. The van der Waals surface area contributed by atoms with Crippen LogP contribution in [-0.2, 0) is 4.79 Å². The first-order chi connectivity index (χ1) is 5.30. The molecule has 4 heteroatoms. The quantitative estimate of drug-likeness (QED) is 0.517. The van der Waals surface area contributed by atoms with E-state index in [1.165, 1.54) is 0 Å². The molecule has 0 aromatic heterocycles. The van der Waals surface area contributed by atoms with Crippen molar-refractivity contribution >= 4 is 19.4 Å². The first-order valence-corrected chi connectivity index (χ1v) is 3.00. The molecule has 3 nitrogen and oxygen atoms in total. The normalized spacial score (nSPS) is 7.82. The van der Waals surface area contributed by atoms with Crippen LogP contribution in [-0.4, -0.2) is 24.0 Å². The van der Waals surface area contributed by atoms with Crippen LogP contribution in [0.1, 0.15) is 0 Å². The van der Waals surface area contributed by atoms with Crippen molar-refractivity contribution in [3.8, 4) is 0 Å². The van der Waals surface area contributed by atoms with Gasteiger partial charge in [-0.25, -0.2) is 0 Å². The Morgan fingerprint density at radius 2 is 1.55 bits per heavy atom. The summed E-state index contributed by atoms with van der Waals surface area (Å²) in [6.07, 6.45) is 0. The predicted molar refractivity (Wildman–Crippen MR) is 43.4 cm³/mol. The molecule has 0 fully saturated rings. The molecule has 0 aliphatic carbocycles. The lowest BCUT2D eigenvalue weighted by Crippen LogP contribution is -2.29. The van der Waals surface area contributed by atoms with Crippen LogP contribution in [0.5, 0.6) is 0 Å². The van der Waals surface area contributed by atoms with Crippen molar-refractivity contribution in [2.75, 3.05) is 0 Å². The van der Waals surface area contributed by atoms with E-state index in [0.717, 1.165) is 0 Å². The van der Waals surface area contributed by atoms with E-state index in [1.807, 2.05) is 12.9 Å². The molecule has 1 aromatic carbocycles. The van der Waals surface area contributed by atoms with Gasteiger partial charge >= 0.3 is 7.12 Å². The van der Waals surface area contributed by atoms with Gasteiger partial charge in [0.25, 0.3) is 0 Å². The monoisotopic (exact) mass is 152 g/mol. The molecule has 0 unspecified atom stereocenters. The van der Waals surface area contributed by atoms with E-state index in [0.29, 0.717) is 5.46 Å². The molecular formula is C7H9BO3. The van der Waals surface area contributed by atoms with E-state index >= 15 is 0 Å². The minimum atomic E-state index is -1.34. The van der Waals surface area contributed by atoms with Crippen molar-refractivity contribution in [2.24, 2.45) is 0 Å². The molecule has 0 saturated heterocycles. The van der Waals surface area contributed by atoms with Crippen LogP contribution in [0.15, 0.2) is 30.3 Å². The third kappa shape index (κ3) is 3.55. The Kier molecular flexibility index (Phi) is 5.07. The number of hydrogen-bond acceptors (Lipinski definition) is 3. The summed E-state index contributed by atoms with van der Waals surface area (Å²) >= 11 is 0. The second-order valence-corrected chi connectivity index (χ2v) is 1.78. The van der Waals surface area contributed by atoms with E-state index in [1.54, 1.807) is 24.3 Å². The highest BCUT2D eigenvalue weighted by Crippen LogP contribution is 1.82. The van der Waals surface area contributed by atoms with Gasteiger partial charge in [-0.15, -0.1) is 0 Å². The zero-order chi connectivity index (χ0) is 8.69. The first-order valence-electron chi connectivity index (χ1n) is 3.00. The Morgan fingerprint density at radius 1 is 1.09 bits per heavy atom. The van der Waals surface area contributed by atoms with Crippen LogP contribution >= 0.6 is 0 Å². The average molecular weight is 152 g/mol. The van der Waals surface area contributed by atoms with Gasteiger partial charge < -0.3 is 14.8 Å². The van der Waals surface area contributed by atoms with E-state index in [-0.39, 0.29) is 0 Å². The number of rotatable bonds is 1. The van der Waals surface area contributed by atoms with Crippen LogP contribution in [0, 0.1) is 0 Å². The number of carbonyl (C=O) groups is 1. The van der Waals surface area contributed by atoms with Gasteiger partial charge in [-0.05, 0) is 5.46 Å². The Labute approximate surface area is 65.4 Å². The molecule has 0 heterocycles. The molecule has 0 aliphatic rings. The minimum absolute atomic E-state index is 0.525. The van der Waals surface area contributed by atoms with Gasteiger partial charge in [-0.1, -0.05) is 30.3 Å². The lowest BCUT2D eigenvalue weighted by atomic mass is 9.81. The van der Waals surface area contributed by atoms with Gasteiger partial charge in [0.2, 0.25) is 0 Å². The van der Waals surface area contributed by atoms with Gasteiger partial charge in [0.1, 0.15) is 6.79 Å². The molecule has 0 aliphatic heterocycles. The second-order valence-electron chi connectivity index (χ2n) is 1.78. The molecule has 58 valence electrons. The second kappa shape index (κ2) is 5.64. The molecule has 0 bridgehead atoms. The fourth-order valence-electron chi connectivity index (χ4n) is 0.625. The zero-order valence-corrected chi connectivity index (χ0v) is 5.97. The minimum Gasteiger partial charge on any atom is -0.423 e. The van der Waals surface area contributed by atoms with Crippen molar-refractivity contribution in [3.05, 3.63) is 30.3 Å². The number of carbonyl (C=O) groups excluding carboxylic acids is 1. The van der Waals surface area contributed by atoms with E-state index in [2.05, 4.69) is 0 Å². The van der Waals surface area contributed by atoms with Crippen LogP contribution < -0.4 is 5.46 Å². The molecule has 11 heavy (non-hydrogen) atoms. The van der Waals surface area contributed by atoms with Crippen molar-refractivity contribution in [1.82, 2.24) is 0 Å². The zero-order valence-electron chi connectivity index (χ0n) is 5.97. The summed E-state index contributed by atoms with van der Waals surface area (Å²) in [6, 6.07) is 8.66. The fourth-order valence-corrected chi connectivity index (χ4v) is 0.625. The van der Waals surface area contributed by atoms with Crippen molar-refractivity contribution in [1.29, 1.82) is 0 Å². The Balaban J connectivity index is 0.000000461. The lowest BCUT2D eigenvalue weighted by Gasteiger charge is -1.94. The van der Waals surface area contributed by atoms with Gasteiger partial charge in [0.15, 0.2) is 0 Å². The molecular weight excluding hydrogens is 143 g/mol. The standard InChI is InChI=1S/C6H7BO2.CH2O/c8-7(9)6-4-2-1-3-5-6;1-2/h1-5,8-9H;1H2. The Hall–Kier alpha value is -1.13. The summed E-state index contributed by atoms with van der Waals surface area (Å²) in [7, 11) is -1.34. The molecule has 0 atom stereocenters. The Morgan fingerprint density at radius 3 is 1.82 bits per heavy atom. The maximum Gasteiger partial charge on any atom is 0.488 e. The third-order valence-electron chi connectivity index (χ3n) is 1.10. The fraction of sp³-hybridized carbons (Fsp3) is 0. The molecule has 0 saturated carbocycles. The summed E-state index contributed by atoms with van der Waals surface area (Å²) in [4.78, 5) is 8.00. The number of hydrogen-bond donors (Lipinski definition) is 2. The third-order valence-corrected chi connectivity index (χ3v) is 1.10. The molecule has 1 aromatic rings. The van der Waals surface area contributed by atoms with Gasteiger partial charge in [-0.3, -0.25) is 0 Å². The Bertz CT molecular complexity index is 188. The maximum absolute atomic E-state index is 8.58. The molecule has 0 amide bonds. The lowest BCUT2D eigenvalue weighted by molar-refractivity contribution is -0.0979. The molecule has 0 radical (unpaired) electrons. The van der Waals surface area contributed by atoms with E-state index in [9.17, 15) is 0 Å². The van der Waals surface area contributed by atoms with E-state index < -0.39 is 7.12 Å². The average Bonchev–Trinajstić information content (AvgIpc) is 2.10. The summed E-state index contributed by atoms with van der Waals surface area (Å²) < 4.78 is 0. The van der Waals surface area contributed by atoms with Crippen LogP contribution in [0.4, 0.5) is 0 Å². The van der Waals surface area contributed by atoms with Gasteiger partial charge in [0.05, 0.1) is 0 Å². The van der Waals surface area contributed by atoms with Gasteiger partial charge in [0, 0.05) is 0 Å². The number of benzene rings is 1. The maximum atomic E-state index is 8.58. The summed E-state index contributed by atoms with van der Waals surface area (Å²) in [5.41, 5.74) is 0.525. The first kappa shape index (κ1) is 9.87. The predicted octanol–water partition coefficient (Wildman–Crippen LogP) is -0.819. The molecule has 2 N–H and O–H groups in total.